The topological polar surface area (TPSA) is 69.6 Å². The summed E-state index contributed by atoms with van der Waals surface area (Å²) >= 11 is 3.30. The van der Waals surface area contributed by atoms with Crippen molar-refractivity contribution < 1.29 is 14.7 Å². The molecule has 1 fully saturated rings. The van der Waals surface area contributed by atoms with Crippen LogP contribution >= 0.6 is 23.5 Å². The van der Waals surface area contributed by atoms with Gasteiger partial charge in [-0.15, -0.1) is 23.5 Å². The number of carbonyl (C=O) groups is 2. The number of aliphatic carboxylic acids is 1. The number of fused-ring (bicyclic) bond motifs is 1. The Morgan fingerprint density at radius 3 is 2.62 bits per heavy atom. The molecule has 1 unspecified atom stereocenters. The molecule has 1 saturated heterocycles. The van der Waals surface area contributed by atoms with Crippen molar-refractivity contribution in [2.24, 2.45) is 0 Å². The number of carbonyl (C=O) groups excluding carboxylic acids is 1. The van der Waals surface area contributed by atoms with Gasteiger partial charge in [0.05, 0.1) is 17.2 Å². The molecule has 0 spiro atoms. The number of carboxylic acids is 1. The first-order chi connectivity index (χ1) is 11.6. The van der Waals surface area contributed by atoms with Gasteiger partial charge in [-0.2, -0.15) is 0 Å². The molecule has 2 atom stereocenters. The zero-order chi connectivity index (χ0) is 17.5. The summed E-state index contributed by atoms with van der Waals surface area (Å²) in [7, 11) is 0. The zero-order valence-electron chi connectivity index (χ0n) is 14.5. The van der Waals surface area contributed by atoms with Crippen LogP contribution in [-0.2, 0) is 9.59 Å². The van der Waals surface area contributed by atoms with Gasteiger partial charge in [0.15, 0.2) is 0 Å². The first-order valence-electron chi connectivity index (χ1n) is 8.91. The van der Waals surface area contributed by atoms with Crippen LogP contribution in [0.4, 0.5) is 0 Å². The molecule has 2 heterocycles. The maximum Gasteiger partial charge on any atom is 0.353 e. The Morgan fingerprint density at radius 1 is 1.29 bits per heavy atom. The van der Waals surface area contributed by atoms with E-state index in [0.717, 1.165) is 42.9 Å². The van der Waals surface area contributed by atoms with Crippen LogP contribution in [0.1, 0.15) is 58.8 Å². The fourth-order valence-corrected chi connectivity index (χ4v) is 5.71. The molecule has 0 aliphatic carbocycles. The fourth-order valence-electron chi connectivity index (χ4n) is 2.86. The molecule has 0 aromatic carbocycles. The van der Waals surface area contributed by atoms with Gasteiger partial charge in [-0.1, -0.05) is 39.5 Å². The molecule has 0 aromatic heterocycles. The van der Waals surface area contributed by atoms with Crippen molar-refractivity contribution in [1.82, 2.24) is 10.2 Å². The molecule has 2 rings (SSSR count). The number of β-lactam (4-membered cyclic amide) rings is 1. The second-order valence-electron chi connectivity index (χ2n) is 6.17. The van der Waals surface area contributed by atoms with Crippen molar-refractivity contribution in [1.29, 1.82) is 0 Å². The zero-order valence-corrected chi connectivity index (χ0v) is 16.2. The maximum absolute atomic E-state index is 11.9. The molecular weight excluding hydrogens is 344 g/mol. The highest BCUT2D eigenvalue weighted by molar-refractivity contribution is 8.06. The average Bonchev–Trinajstić information content (AvgIpc) is 2.55. The molecule has 0 saturated carbocycles. The monoisotopic (exact) mass is 372 g/mol. The lowest BCUT2D eigenvalue weighted by molar-refractivity contribution is -0.146. The van der Waals surface area contributed by atoms with Crippen molar-refractivity contribution in [3.8, 4) is 0 Å². The van der Waals surface area contributed by atoms with E-state index in [1.807, 2.05) is 0 Å². The van der Waals surface area contributed by atoms with Gasteiger partial charge in [-0.05, 0) is 25.1 Å². The summed E-state index contributed by atoms with van der Waals surface area (Å²) < 4.78 is 0. The molecule has 136 valence electrons. The van der Waals surface area contributed by atoms with Gasteiger partial charge in [0.1, 0.15) is 5.70 Å². The molecular formula is C17H28N2O3S2. The van der Waals surface area contributed by atoms with Gasteiger partial charge in [0.2, 0.25) is 5.91 Å². The third-order valence-corrected chi connectivity index (χ3v) is 6.98. The van der Waals surface area contributed by atoms with Gasteiger partial charge >= 0.3 is 5.97 Å². The van der Waals surface area contributed by atoms with Crippen LogP contribution in [0.2, 0.25) is 0 Å². The van der Waals surface area contributed by atoms with E-state index in [9.17, 15) is 14.7 Å². The molecule has 5 nitrogen and oxygen atoms in total. The summed E-state index contributed by atoms with van der Waals surface area (Å²) in [5.41, 5.74) is 0.212. The van der Waals surface area contributed by atoms with E-state index in [4.69, 9.17) is 0 Å². The van der Waals surface area contributed by atoms with Crippen molar-refractivity contribution in [3.05, 3.63) is 10.6 Å². The normalized spacial score (nSPS) is 23.2. The molecule has 0 bridgehead atoms. The van der Waals surface area contributed by atoms with Gasteiger partial charge in [0.25, 0.3) is 0 Å². The minimum atomic E-state index is -0.980. The molecule has 0 radical (unpaired) electrons. The number of hydrogen-bond acceptors (Lipinski definition) is 5. The third kappa shape index (κ3) is 4.70. The Labute approximate surface area is 153 Å². The predicted octanol–water partition coefficient (Wildman–Crippen LogP) is 3.62. The highest BCUT2D eigenvalue weighted by atomic mass is 32.2. The highest BCUT2D eigenvalue weighted by Gasteiger charge is 2.48. The fraction of sp³-hybridized carbons (Fsp3) is 0.765. The summed E-state index contributed by atoms with van der Waals surface area (Å²) in [4.78, 5) is 26.0. The van der Waals surface area contributed by atoms with Gasteiger partial charge in [0, 0.05) is 4.91 Å². The van der Waals surface area contributed by atoms with E-state index in [1.54, 1.807) is 23.5 Å². The van der Waals surface area contributed by atoms with Crippen molar-refractivity contribution >= 4 is 35.4 Å². The van der Waals surface area contributed by atoms with Crippen LogP contribution in [0.5, 0.6) is 0 Å². The second kappa shape index (κ2) is 9.73. The Hall–Kier alpha value is -0.660. The largest absolute Gasteiger partial charge is 0.477 e. The minimum absolute atomic E-state index is 0.00562. The third-order valence-electron chi connectivity index (χ3n) is 4.23. The van der Waals surface area contributed by atoms with E-state index < -0.39 is 5.97 Å². The number of unbranched alkanes of at least 4 members (excludes halogenated alkanes) is 4. The quantitative estimate of drug-likeness (QED) is 0.426. The number of rotatable bonds is 11. The van der Waals surface area contributed by atoms with E-state index in [-0.39, 0.29) is 22.4 Å². The molecule has 24 heavy (non-hydrogen) atoms. The smallest absolute Gasteiger partial charge is 0.353 e. The maximum atomic E-state index is 11.9. The van der Waals surface area contributed by atoms with Crippen LogP contribution in [0.25, 0.3) is 0 Å². The molecule has 2 N–H and O–H groups in total. The first kappa shape index (κ1) is 19.7. The van der Waals surface area contributed by atoms with E-state index in [1.165, 1.54) is 17.7 Å². The summed E-state index contributed by atoms with van der Waals surface area (Å²) in [5.74, 6) is -0.145. The Morgan fingerprint density at radius 2 is 2.00 bits per heavy atom. The molecule has 1 amide bonds. The standard InChI is InChI=1S/C17H28N2O3S2/c1-3-5-7-9-18-16-15(23-10-8-6-4-2)14(17(21)22)19-12(20)11-13(19)24-16/h13,16,18H,3-11H2,1-2H3,(H,21,22)/t13-,16?/m1/s1. The lowest BCUT2D eigenvalue weighted by Gasteiger charge is -2.46. The molecule has 2 aliphatic heterocycles. The lowest BCUT2D eigenvalue weighted by atomic mass is 10.1. The Bertz CT molecular complexity index is 496. The summed E-state index contributed by atoms with van der Waals surface area (Å²) in [6.45, 7) is 5.22. The van der Waals surface area contributed by atoms with Crippen molar-refractivity contribution in [2.45, 2.75) is 69.5 Å². The molecule has 2 aliphatic rings. The number of nitrogens with zero attached hydrogens (tertiary/aromatic N) is 1. The number of thioether (sulfide) groups is 2. The summed E-state index contributed by atoms with van der Waals surface area (Å²) in [6, 6.07) is 0. The minimum Gasteiger partial charge on any atom is -0.477 e. The van der Waals surface area contributed by atoms with Crippen LogP contribution in [0.3, 0.4) is 0 Å². The molecule has 0 aromatic rings. The number of hydrogen-bond donors (Lipinski definition) is 2. The van der Waals surface area contributed by atoms with Crippen molar-refractivity contribution in [3.63, 3.8) is 0 Å². The highest BCUT2D eigenvalue weighted by Crippen LogP contribution is 2.46. The van der Waals surface area contributed by atoms with E-state index in [2.05, 4.69) is 19.2 Å². The number of carboxylic acid groups (broad SMARTS) is 1. The van der Waals surface area contributed by atoms with Crippen LogP contribution < -0.4 is 5.32 Å². The van der Waals surface area contributed by atoms with Gasteiger partial charge < -0.3 is 10.4 Å². The van der Waals surface area contributed by atoms with E-state index >= 15 is 0 Å². The Kier molecular flexibility index (Phi) is 7.97. The lowest BCUT2D eigenvalue weighted by Crippen LogP contribution is -2.56. The van der Waals surface area contributed by atoms with E-state index in [0.29, 0.717) is 6.42 Å². The van der Waals surface area contributed by atoms with Gasteiger partial charge in [-0.25, -0.2) is 4.79 Å². The number of nitrogens with one attached hydrogen (secondary N) is 1. The first-order valence-corrected chi connectivity index (χ1v) is 10.8. The van der Waals surface area contributed by atoms with Crippen LogP contribution in [0, 0.1) is 0 Å². The average molecular weight is 373 g/mol. The van der Waals surface area contributed by atoms with Crippen molar-refractivity contribution in [2.75, 3.05) is 12.3 Å². The second-order valence-corrected chi connectivity index (χ2v) is 8.60. The van der Waals surface area contributed by atoms with Crippen LogP contribution in [0.15, 0.2) is 10.6 Å². The predicted molar refractivity (Wildman–Crippen MR) is 101 cm³/mol. The summed E-state index contributed by atoms with van der Waals surface area (Å²) in [5, 5.41) is 13.2. The van der Waals surface area contributed by atoms with Gasteiger partial charge in [-0.3, -0.25) is 9.69 Å². The Balaban J connectivity index is 2.12. The SMILES string of the molecule is CCCCCNC1S[C@@H]2CC(=O)N2C(C(=O)O)=C1SCCCCC. The number of amides is 1. The molecule has 7 heteroatoms. The summed E-state index contributed by atoms with van der Waals surface area (Å²) in [6.07, 6.45) is 7.24. The van der Waals surface area contributed by atoms with Crippen LogP contribution in [-0.4, -0.2) is 44.9 Å².